The second kappa shape index (κ2) is 6.08. The van der Waals surface area contributed by atoms with Crippen LogP contribution < -0.4 is 5.73 Å². The van der Waals surface area contributed by atoms with Crippen molar-refractivity contribution in [3.63, 3.8) is 0 Å². The third-order valence-electron chi connectivity index (χ3n) is 4.14. The van der Waals surface area contributed by atoms with Crippen LogP contribution in [0.3, 0.4) is 0 Å². The minimum Gasteiger partial charge on any atom is -0.397 e. The number of nitrogen functional groups attached to an aromatic ring is 1. The zero-order valence-electron chi connectivity index (χ0n) is 11.9. The number of nitrogens with two attached hydrogens (primary N) is 1. The molecule has 0 bridgehead atoms. The van der Waals surface area contributed by atoms with Gasteiger partial charge < -0.3 is 10.3 Å². The smallest absolute Gasteiger partial charge is 0.166 e. The molecule has 3 rings (SSSR count). The SMILES string of the molecule is Cc1nnc(-c2cc(Br)cc(Br)c2N)n1C1CCCCC1. The first kappa shape index (κ1) is 15.0. The number of rotatable bonds is 2. The maximum atomic E-state index is 6.24. The lowest BCUT2D eigenvalue weighted by atomic mass is 9.95. The Kier molecular flexibility index (Phi) is 4.36. The first-order valence-electron chi connectivity index (χ1n) is 7.24. The summed E-state index contributed by atoms with van der Waals surface area (Å²) in [5, 5.41) is 8.69. The normalized spacial score (nSPS) is 16.3. The Morgan fingerprint density at radius 3 is 2.57 bits per heavy atom. The van der Waals surface area contributed by atoms with Gasteiger partial charge in [0.25, 0.3) is 0 Å². The van der Waals surface area contributed by atoms with Crippen molar-refractivity contribution < 1.29 is 0 Å². The van der Waals surface area contributed by atoms with Crippen LogP contribution in [0.5, 0.6) is 0 Å². The highest BCUT2D eigenvalue weighted by Crippen LogP contribution is 2.38. The predicted molar refractivity (Wildman–Crippen MR) is 92.1 cm³/mol. The summed E-state index contributed by atoms with van der Waals surface area (Å²) < 4.78 is 4.13. The molecular formula is C15H18Br2N4. The first-order chi connectivity index (χ1) is 10.1. The maximum absolute atomic E-state index is 6.24. The lowest BCUT2D eigenvalue weighted by Crippen LogP contribution is -2.15. The summed E-state index contributed by atoms with van der Waals surface area (Å²) in [6.07, 6.45) is 6.28. The van der Waals surface area contributed by atoms with E-state index in [2.05, 4.69) is 46.6 Å². The van der Waals surface area contributed by atoms with Crippen LogP contribution in [0, 0.1) is 6.92 Å². The molecule has 21 heavy (non-hydrogen) atoms. The van der Waals surface area contributed by atoms with Gasteiger partial charge in [-0.1, -0.05) is 35.2 Å². The molecule has 1 aromatic carbocycles. The molecule has 1 fully saturated rings. The van der Waals surface area contributed by atoms with Gasteiger partial charge in [0.1, 0.15) is 5.82 Å². The van der Waals surface area contributed by atoms with E-state index in [1.165, 1.54) is 32.1 Å². The van der Waals surface area contributed by atoms with Gasteiger partial charge >= 0.3 is 0 Å². The average molecular weight is 414 g/mol. The van der Waals surface area contributed by atoms with E-state index in [0.717, 1.165) is 26.2 Å². The van der Waals surface area contributed by atoms with Crippen LogP contribution in [0.15, 0.2) is 21.1 Å². The first-order valence-corrected chi connectivity index (χ1v) is 8.83. The van der Waals surface area contributed by atoms with Gasteiger partial charge in [0.2, 0.25) is 0 Å². The molecule has 2 aromatic rings. The average Bonchev–Trinajstić information content (AvgIpc) is 2.85. The van der Waals surface area contributed by atoms with Gasteiger partial charge in [0.15, 0.2) is 5.82 Å². The number of benzene rings is 1. The summed E-state index contributed by atoms with van der Waals surface area (Å²) in [6.45, 7) is 2.02. The summed E-state index contributed by atoms with van der Waals surface area (Å²) in [4.78, 5) is 0. The zero-order valence-corrected chi connectivity index (χ0v) is 15.1. The molecule has 112 valence electrons. The summed E-state index contributed by atoms with van der Waals surface area (Å²) in [6, 6.07) is 4.46. The minimum atomic E-state index is 0.487. The molecule has 1 heterocycles. The molecule has 4 nitrogen and oxygen atoms in total. The number of halogens is 2. The van der Waals surface area contributed by atoms with Crippen molar-refractivity contribution in [3.05, 3.63) is 26.9 Å². The summed E-state index contributed by atoms with van der Waals surface area (Å²) in [7, 11) is 0. The third kappa shape index (κ3) is 2.88. The van der Waals surface area contributed by atoms with E-state index in [0.29, 0.717) is 11.7 Å². The van der Waals surface area contributed by atoms with E-state index in [-0.39, 0.29) is 0 Å². The van der Waals surface area contributed by atoms with Gasteiger partial charge in [-0.05, 0) is 47.8 Å². The number of anilines is 1. The molecule has 0 atom stereocenters. The van der Waals surface area contributed by atoms with E-state index in [1.807, 2.05) is 19.1 Å². The topological polar surface area (TPSA) is 56.7 Å². The van der Waals surface area contributed by atoms with Crippen molar-refractivity contribution >= 4 is 37.5 Å². The monoisotopic (exact) mass is 412 g/mol. The predicted octanol–water partition coefficient (Wildman–Crippen LogP) is 4.87. The molecule has 0 spiro atoms. The third-order valence-corrected chi connectivity index (χ3v) is 5.26. The zero-order chi connectivity index (χ0) is 15.0. The van der Waals surface area contributed by atoms with E-state index in [4.69, 9.17) is 5.73 Å². The van der Waals surface area contributed by atoms with Crippen molar-refractivity contribution in [1.29, 1.82) is 0 Å². The molecule has 0 saturated heterocycles. The molecule has 0 aliphatic heterocycles. The van der Waals surface area contributed by atoms with Crippen molar-refractivity contribution in [2.75, 3.05) is 5.73 Å². The summed E-state index contributed by atoms with van der Waals surface area (Å²) in [5.74, 6) is 1.84. The summed E-state index contributed by atoms with van der Waals surface area (Å²) in [5.41, 5.74) is 7.89. The number of hydrogen-bond acceptors (Lipinski definition) is 3. The molecule has 6 heteroatoms. The van der Waals surface area contributed by atoms with Gasteiger partial charge in [-0.25, -0.2) is 0 Å². The molecule has 0 radical (unpaired) electrons. The van der Waals surface area contributed by atoms with Gasteiger partial charge in [0.05, 0.1) is 5.69 Å². The standard InChI is InChI=1S/C15H18Br2N4/c1-9-19-20-15(21(9)11-5-3-2-4-6-11)12-7-10(16)8-13(17)14(12)18/h7-8,11H,2-6,18H2,1H3. The lowest BCUT2D eigenvalue weighted by Gasteiger charge is -2.25. The fourth-order valence-corrected chi connectivity index (χ4v) is 4.32. The number of aryl methyl sites for hydroxylation is 1. The molecule has 1 saturated carbocycles. The molecule has 1 aromatic heterocycles. The Bertz CT molecular complexity index is 660. The van der Waals surface area contributed by atoms with Crippen molar-refractivity contribution in [2.45, 2.75) is 45.1 Å². The molecular weight excluding hydrogens is 396 g/mol. The number of aromatic nitrogens is 3. The Labute approximate surface area is 141 Å². The molecule has 2 N–H and O–H groups in total. The minimum absolute atomic E-state index is 0.487. The number of nitrogens with zero attached hydrogens (tertiary/aromatic N) is 3. The second-order valence-corrected chi connectivity index (χ2v) is 7.35. The van der Waals surface area contributed by atoms with Crippen LogP contribution in [0.1, 0.15) is 44.0 Å². The fraction of sp³-hybridized carbons (Fsp3) is 0.467. The van der Waals surface area contributed by atoms with Gasteiger partial charge in [-0.15, -0.1) is 10.2 Å². The van der Waals surface area contributed by atoms with Crippen LogP contribution in [0.4, 0.5) is 5.69 Å². The van der Waals surface area contributed by atoms with Crippen LogP contribution >= 0.6 is 31.9 Å². The Morgan fingerprint density at radius 2 is 1.86 bits per heavy atom. The lowest BCUT2D eigenvalue weighted by molar-refractivity contribution is 0.350. The van der Waals surface area contributed by atoms with Crippen LogP contribution in [0.25, 0.3) is 11.4 Å². The van der Waals surface area contributed by atoms with E-state index in [9.17, 15) is 0 Å². The largest absolute Gasteiger partial charge is 0.397 e. The Hall–Kier alpha value is -0.880. The van der Waals surface area contributed by atoms with Crippen LogP contribution in [-0.4, -0.2) is 14.8 Å². The van der Waals surface area contributed by atoms with Gasteiger partial charge in [-0.2, -0.15) is 0 Å². The molecule has 1 aliphatic carbocycles. The number of hydrogen-bond donors (Lipinski definition) is 1. The fourth-order valence-electron chi connectivity index (χ4n) is 3.10. The highest BCUT2D eigenvalue weighted by molar-refractivity contribution is 9.11. The van der Waals surface area contributed by atoms with Crippen molar-refractivity contribution in [2.24, 2.45) is 0 Å². The highest BCUT2D eigenvalue weighted by Gasteiger charge is 2.23. The van der Waals surface area contributed by atoms with E-state index < -0.39 is 0 Å². The van der Waals surface area contributed by atoms with Crippen molar-refractivity contribution in [1.82, 2.24) is 14.8 Å². The highest BCUT2D eigenvalue weighted by atomic mass is 79.9. The Morgan fingerprint density at radius 1 is 1.14 bits per heavy atom. The van der Waals surface area contributed by atoms with Crippen LogP contribution in [-0.2, 0) is 0 Å². The van der Waals surface area contributed by atoms with Crippen LogP contribution in [0.2, 0.25) is 0 Å². The maximum Gasteiger partial charge on any atom is 0.166 e. The molecule has 1 aliphatic rings. The summed E-state index contributed by atoms with van der Waals surface area (Å²) >= 11 is 7.04. The van der Waals surface area contributed by atoms with Crippen molar-refractivity contribution in [3.8, 4) is 11.4 Å². The van der Waals surface area contributed by atoms with Gasteiger partial charge in [-0.3, -0.25) is 0 Å². The van der Waals surface area contributed by atoms with E-state index >= 15 is 0 Å². The Balaban J connectivity index is 2.11. The van der Waals surface area contributed by atoms with E-state index in [1.54, 1.807) is 0 Å². The second-order valence-electron chi connectivity index (χ2n) is 5.58. The molecule has 0 amide bonds. The van der Waals surface area contributed by atoms with Gasteiger partial charge in [0, 0.05) is 20.6 Å². The molecule has 0 unspecified atom stereocenters. The quantitative estimate of drug-likeness (QED) is 0.714.